The van der Waals surface area contributed by atoms with Gasteiger partial charge in [0.2, 0.25) is 0 Å². The molecule has 0 aromatic carbocycles. The van der Waals surface area contributed by atoms with Crippen molar-refractivity contribution in [3.63, 3.8) is 0 Å². The van der Waals surface area contributed by atoms with Gasteiger partial charge in [-0.1, -0.05) is 39.0 Å². The fourth-order valence-electron chi connectivity index (χ4n) is 2.80. The fraction of sp³-hybridized carbons (Fsp3) is 1.00. The normalized spacial score (nSPS) is 20.6. The molecule has 1 saturated carbocycles. The first-order valence-corrected chi connectivity index (χ1v) is 7.25. The molecule has 17 heavy (non-hydrogen) atoms. The molecule has 2 atom stereocenters. The maximum atomic E-state index is 9.91. The number of hydrogen-bond acceptors (Lipinski definition) is 3. The van der Waals surface area contributed by atoms with Gasteiger partial charge in [-0.3, -0.25) is 0 Å². The van der Waals surface area contributed by atoms with Gasteiger partial charge in [0.15, 0.2) is 0 Å². The van der Waals surface area contributed by atoms with E-state index in [4.69, 9.17) is 5.11 Å². The van der Waals surface area contributed by atoms with Crippen molar-refractivity contribution in [1.82, 2.24) is 5.32 Å². The highest BCUT2D eigenvalue weighted by atomic mass is 16.3. The van der Waals surface area contributed by atoms with E-state index in [-0.39, 0.29) is 12.7 Å². The SMILES string of the molecule is CCC(CCO)CNCC(O)CC1CCCC1. The molecule has 0 heterocycles. The zero-order chi connectivity index (χ0) is 12.5. The van der Waals surface area contributed by atoms with Crippen molar-refractivity contribution in [2.75, 3.05) is 19.7 Å². The van der Waals surface area contributed by atoms with E-state index in [1.165, 1.54) is 25.7 Å². The third-order valence-electron chi connectivity index (χ3n) is 4.01. The van der Waals surface area contributed by atoms with Crippen LogP contribution in [0.2, 0.25) is 0 Å². The minimum absolute atomic E-state index is 0.190. The minimum atomic E-state index is -0.190. The van der Waals surface area contributed by atoms with Gasteiger partial charge in [-0.15, -0.1) is 0 Å². The van der Waals surface area contributed by atoms with Gasteiger partial charge in [0, 0.05) is 13.2 Å². The van der Waals surface area contributed by atoms with E-state index in [9.17, 15) is 5.11 Å². The Bertz CT molecular complexity index is 181. The number of aliphatic hydroxyl groups is 2. The second kappa shape index (κ2) is 8.90. The second-order valence-corrected chi connectivity index (χ2v) is 5.48. The topological polar surface area (TPSA) is 52.5 Å². The van der Waals surface area contributed by atoms with Crippen LogP contribution in [0.1, 0.15) is 51.9 Å². The molecule has 3 N–H and O–H groups in total. The van der Waals surface area contributed by atoms with Gasteiger partial charge in [0.05, 0.1) is 6.10 Å². The first kappa shape index (κ1) is 14.9. The van der Waals surface area contributed by atoms with Crippen LogP contribution in [0.5, 0.6) is 0 Å². The molecule has 1 aliphatic carbocycles. The second-order valence-electron chi connectivity index (χ2n) is 5.48. The number of rotatable bonds is 9. The lowest BCUT2D eigenvalue weighted by molar-refractivity contribution is 0.138. The predicted octanol–water partition coefficient (Wildman–Crippen LogP) is 1.93. The summed E-state index contributed by atoms with van der Waals surface area (Å²) in [7, 11) is 0. The predicted molar refractivity (Wildman–Crippen MR) is 70.9 cm³/mol. The molecule has 0 aromatic heterocycles. The summed E-state index contributed by atoms with van der Waals surface area (Å²) >= 11 is 0. The van der Waals surface area contributed by atoms with Crippen LogP contribution in [0, 0.1) is 11.8 Å². The van der Waals surface area contributed by atoms with Crippen molar-refractivity contribution in [1.29, 1.82) is 0 Å². The summed E-state index contributed by atoms with van der Waals surface area (Å²) in [5.41, 5.74) is 0. The van der Waals surface area contributed by atoms with Gasteiger partial charge < -0.3 is 15.5 Å². The lowest BCUT2D eigenvalue weighted by Crippen LogP contribution is -2.32. The molecule has 1 fully saturated rings. The molecule has 1 rings (SSSR count). The largest absolute Gasteiger partial charge is 0.396 e. The van der Waals surface area contributed by atoms with Crippen LogP contribution in [0.3, 0.4) is 0 Å². The molecule has 3 nitrogen and oxygen atoms in total. The van der Waals surface area contributed by atoms with Gasteiger partial charge >= 0.3 is 0 Å². The van der Waals surface area contributed by atoms with Crippen molar-refractivity contribution < 1.29 is 10.2 Å². The Kier molecular flexibility index (Phi) is 7.82. The highest BCUT2D eigenvalue weighted by Crippen LogP contribution is 2.28. The van der Waals surface area contributed by atoms with E-state index in [2.05, 4.69) is 12.2 Å². The molecule has 0 saturated heterocycles. The first-order valence-electron chi connectivity index (χ1n) is 7.25. The molecule has 0 bridgehead atoms. The van der Waals surface area contributed by atoms with E-state index in [1.54, 1.807) is 0 Å². The lowest BCUT2D eigenvalue weighted by atomic mass is 9.99. The fourth-order valence-corrected chi connectivity index (χ4v) is 2.80. The maximum Gasteiger partial charge on any atom is 0.0667 e. The molecule has 0 aliphatic heterocycles. The molecule has 0 spiro atoms. The summed E-state index contributed by atoms with van der Waals surface area (Å²) in [6, 6.07) is 0. The van der Waals surface area contributed by atoms with Crippen LogP contribution in [0.4, 0.5) is 0 Å². The Morgan fingerprint density at radius 2 is 1.94 bits per heavy atom. The van der Waals surface area contributed by atoms with Crippen molar-refractivity contribution in [2.24, 2.45) is 11.8 Å². The van der Waals surface area contributed by atoms with Gasteiger partial charge in [0.1, 0.15) is 0 Å². The molecule has 0 aromatic rings. The molecule has 102 valence electrons. The molecule has 0 radical (unpaired) electrons. The van der Waals surface area contributed by atoms with Crippen molar-refractivity contribution in [3.8, 4) is 0 Å². The third kappa shape index (κ3) is 6.39. The zero-order valence-corrected chi connectivity index (χ0v) is 11.2. The smallest absolute Gasteiger partial charge is 0.0667 e. The minimum Gasteiger partial charge on any atom is -0.396 e. The van der Waals surface area contributed by atoms with Gasteiger partial charge in [-0.2, -0.15) is 0 Å². The van der Waals surface area contributed by atoms with E-state index < -0.39 is 0 Å². The summed E-state index contributed by atoms with van der Waals surface area (Å²) in [6.07, 6.45) is 8.03. The molecular formula is C14H29NO2. The maximum absolute atomic E-state index is 9.91. The van der Waals surface area contributed by atoms with Crippen LogP contribution >= 0.6 is 0 Å². The van der Waals surface area contributed by atoms with Crippen LogP contribution < -0.4 is 5.32 Å². The van der Waals surface area contributed by atoms with Crippen LogP contribution in [-0.2, 0) is 0 Å². The molecular weight excluding hydrogens is 214 g/mol. The first-order chi connectivity index (χ1) is 8.26. The Labute approximate surface area is 106 Å². The average Bonchev–Trinajstić information content (AvgIpc) is 2.80. The number of aliphatic hydroxyl groups excluding tert-OH is 2. The Hall–Kier alpha value is -0.120. The molecule has 2 unspecified atom stereocenters. The quantitative estimate of drug-likeness (QED) is 0.580. The monoisotopic (exact) mass is 243 g/mol. The Morgan fingerprint density at radius 3 is 2.53 bits per heavy atom. The summed E-state index contributed by atoms with van der Waals surface area (Å²) in [6.45, 7) is 4.04. The average molecular weight is 243 g/mol. The van der Waals surface area contributed by atoms with Gasteiger partial charge in [0.25, 0.3) is 0 Å². The van der Waals surface area contributed by atoms with Crippen LogP contribution in [0.15, 0.2) is 0 Å². The molecule has 0 amide bonds. The third-order valence-corrected chi connectivity index (χ3v) is 4.01. The van der Waals surface area contributed by atoms with E-state index in [0.29, 0.717) is 12.5 Å². The van der Waals surface area contributed by atoms with Crippen molar-refractivity contribution in [2.45, 2.75) is 58.0 Å². The lowest BCUT2D eigenvalue weighted by Gasteiger charge is -2.18. The number of nitrogens with one attached hydrogen (secondary N) is 1. The van der Waals surface area contributed by atoms with E-state index >= 15 is 0 Å². The molecule has 1 aliphatic rings. The van der Waals surface area contributed by atoms with Crippen LogP contribution in [-0.4, -0.2) is 36.0 Å². The Morgan fingerprint density at radius 1 is 1.24 bits per heavy atom. The van der Waals surface area contributed by atoms with Gasteiger partial charge in [-0.05, 0) is 31.2 Å². The standard InChI is InChI=1S/C14H29NO2/c1-2-12(7-8-16)10-15-11-14(17)9-13-5-3-4-6-13/h12-17H,2-11H2,1H3. The van der Waals surface area contributed by atoms with Gasteiger partial charge in [-0.25, -0.2) is 0 Å². The summed E-state index contributed by atoms with van der Waals surface area (Å²) in [5.74, 6) is 1.30. The zero-order valence-electron chi connectivity index (χ0n) is 11.2. The highest BCUT2D eigenvalue weighted by Gasteiger charge is 2.18. The van der Waals surface area contributed by atoms with Crippen LogP contribution in [0.25, 0.3) is 0 Å². The number of hydrogen-bond donors (Lipinski definition) is 3. The highest BCUT2D eigenvalue weighted by molar-refractivity contribution is 4.72. The van der Waals surface area contributed by atoms with E-state index in [0.717, 1.165) is 31.7 Å². The van der Waals surface area contributed by atoms with E-state index in [1.807, 2.05) is 0 Å². The summed E-state index contributed by atoms with van der Waals surface area (Å²) in [5, 5.41) is 22.1. The van der Waals surface area contributed by atoms with Crippen molar-refractivity contribution in [3.05, 3.63) is 0 Å². The summed E-state index contributed by atoms with van der Waals surface area (Å²) < 4.78 is 0. The molecule has 3 heteroatoms. The van der Waals surface area contributed by atoms with Crippen molar-refractivity contribution >= 4 is 0 Å². The summed E-state index contributed by atoms with van der Waals surface area (Å²) in [4.78, 5) is 0. The Balaban J connectivity index is 2.03.